The molecule has 2 aromatic heterocycles. The fourth-order valence-corrected chi connectivity index (χ4v) is 1.74. The highest BCUT2D eigenvalue weighted by atomic mass is 32.1. The first-order valence-corrected chi connectivity index (χ1v) is 4.26. The maximum atomic E-state index is 4.07. The number of thiazole rings is 1. The van der Waals surface area contributed by atoms with Crippen LogP contribution in [0.5, 0.6) is 0 Å². The van der Waals surface area contributed by atoms with Gasteiger partial charge in [-0.25, -0.2) is 4.98 Å². The quantitative estimate of drug-likeness (QED) is 0.647. The van der Waals surface area contributed by atoms with Crippen LogP contribution in [-0.2, 0) is 0 Å². The van der Waals surface area contributed by atoms with E-state index in [0.29, 0.717) is 0 Å². The van der Waals surface area contributed by atoms with E-state index in [1.54, 1.807) is 17.5 Å². The monoisotopic (exact) mass is 168 g/mol. The van der Waals surface area contributed by atoms with E-state index < -0.39 is 0 Å². The first kappa shape index (κ1) is 5.94. The molecule has 0 bridgehead atoms. The summed E-state index contributed by atoms with van der Waals surface area (Å²) in [5, 5.41) is 11.1. The van der Waals surface area contributed by atoms with Gasteiger partial charge in [0.1, 0.15) is 0 Å². The van der Waals surface area contributed by atoms with Crippen LogP contribution >= 0.6 is 22.7 Å². The van der Waals surface area contributed by atoms with Crippen molar-refractivity contribution < 1.29 is 0 Å². The molecule has 2 rings (SSSR count). The summed E-state index contributed by atoms with van der Waals surface area (Å²) in [7, 11) is 0. The van der Waals surface area contributed by atoms with Gasteiger partial charge in [-0.2, -0.15) is 0 Å². The first-order chi connectivity index (χ1) is 4.97. The predicted octanol–water partition coefficient (Wildman–Crippen LogP) is 1.46. The second-order valence-corrected chi connectivity index (χ2v) is 3.20. The molecular weight excluding hydrogens is 166 g/mol. The number of nitrogens with zero attached hydrogens (tertiary/aromatic N) is 3. The Hall–Kier alpha value is -0.810. The maximum Gasteiger partial charge on any atom is 0.179 e. The van der Waals surface area contributed by atoms with Gasteiger partial charge in [-0.05, 0) is 0 Å². The van der Waals surface area contributed by atoms with Gasteiger partial charge in [0.25, 0.3) is 0 Å². The molecule has 1 radical (unpaired) electrons. The molecule has 0 amide bonds. The molecule has 0 aliphatic rings. The minimum atomic E-state index is 0.843. The third-order valence-corrected chi connectivity index (χ3v) is 2.49. The Morgan fingerprint density at radius 1 is 1.40 bits per heavy atom. The Morgan fingerprint density at radius 2 is 2.40 bits per heavy atom. The van der Waals surface area contributed by atoms with E-state index in [0.717, 1.165) is 10.0 Å². The SMILES string of the molecule is [c]1nnc(-c2nccs2)s1. The number of hydrogen-bond donors (Lipinski definition) is 0. The Bertz CT molecular complexity index is 254. The zero-order chi connectivity index (χ0) is 6.81. The van der Waals surface area contributed by atoms with Gasteiger partial charge in [0.2, 0.25) is 0 Å². The Kier molecular flexibility index (Phi) is 1.44. The van der Waals surface area contributed by atoms with Gasteiger partial charge in [0.05, 0.1) is 0 Å². The summed E-state index contributed by atoms with van der Waals surface area (Å²) in [6, 6.07) is 0. The number of aromatic nitrogens is 3. The standard InChI is InChI=1S/C5H2N3S2/c1-2-9-4(6-1)5-8-7-3-10-5/h1-2H. The smallest absolute Gasteiger partial charge is 0.179 e. The van der Waals surface area contributed by atoms with Gasteiger partial charge < -0.3 is 0 Å². The predicted molar refractivity (Wildman–Crippen MR) is 39.9 cm³/mol. The van der Waals surface area contributed by atoms with Gasteiger partial charge >= 0.3 is 0 Å². The van der Waals surface area contributed by atoms with Crippen LogP contribution in [-0.4, -0.2) is 15.2 Å². The molecule has 0 saturated carbocycles. The molecule has 0 spiro atoms. The molecular formula is C5H2N3S2. The van der Waals surface area contributed by atoms with Crippen LogP contribution in [0.3, 0.4) is 0 Å². The Morgan fingerprint density at radius 3 is 3.00 bits per heavy atom. The first-order valence-electron chi connectivity index (χ1n) is 2.56. The van der Waals surface area contributed by atoms with Crippen molar-refractivity contribution in [1.82, 2.24) is 15.2 Å². The van der Waals surface area contributed by atoms with E-state index in [2.05, 4.69) is 20.7 Å². The van der Waals surface area contributed by atoms with Gasteiger partial charge in [-0.3, -0.25) is 0 Å². The molecule has 10 heavy (non-hydrogen) atoms. The summed E-state index contributed by atoms with van der Waals surface area (Å²) in [6.07, 6.45) is 1.75. The van der Waals surface area contributed by atoms with Crippen molar-refractivity contribution >= 4 is 22.7 Å². The minimum Gasteiger partial charge on any atom is -0.242 e. The van der Waals surface area contributed by atoms with Crippen molar-refractivity contribution in [3.63, 3.8) is 0 Å². The van der Waals surface area contributed by atoms with Crippen molar-refractivity contribution in [2.45, 2.75) is 0 Å². The van der Waals surface area contributed by atoms with Crippen molar-refractivity contribution in [1.29, 1.82) is 0 Å². The molecule has 0 saturated heterocycles. The van der Waals surface area contributed by atoms with E-state index in [4.69, 9.17) is 0 Å². The van der Waals surface area contributed by atoms with Gasteiger partial charge in [-0.15, -0.1) is 21.5 Å². The van der Waals surface area contributed by atoms with Crippen LogP contribution < -0.4 is 0 Å². The van der Waals surface area contributed by atoms with Crippen LogP contribution in [0.1, 0.15) is 0 Å². The van der Waals surface area contributed by atoms with Crippen molar-refractivity contribution in [3.8, 4) is 10.0 Å². The van der Waals surface area contributed by atoms with Crippen molar-refractivity contribution in [3.05, 3.63) is 17.1 Å². The summed E-state index contributed by atoms with van der Waals surface area (Å²) >= 11 is 2.94. The Balaban J connectivity index is 2.48. The van der Waals surface area contributed by atoms with E-state index >= 15 is 0 Å². The van der Waals surface area contributed by atoms with Crippen LogP contribution in [0, 0.1) is 5.51 Å². The molecule has 49 valence electrons. The molecule has 0 atom stereocenters. The highest BCUT2D eigenvalue weighted by molar-refractivity contribution is 7.19. The van der Waals surface area contributed by atoms with Crippen LogP contribution in [0.2, 0.25) is 0 Å². The van der Waals surface area contributed by atoms with E-state index in [1.165, 1.54) is 11.3 Å². The molecule has 0 aromatic carbocycles. The number of hydrogen-bond acceptors (Lipinski definition) is 5. The average Bonchev–Trinajstić information content (AvgIpc) is 2.59. The molecule has 0 aliphatic heterocycles. The molecule has 2 aromatic rings. The van der Waals surface area contributed by atoms with Crippen molar-refractivity contribution in [2.75, 3.05) is 0 Å². The third-order valence-electron chi connectivity index (χ3n) is 0.939. The molecule has 0 fully saturated rings. The minimum absolute atomic E-state index is 0.843. The molecule has 0 unspecified atom stereocenters. The second-order valence-electron chi connectivity index (χ2n) is 1.54. The zero-order valence-corrected chi connectivity index (χ0v) is 6.45. The Labute approximate surface area is 65.4 Å². The van der Waals surface area contributed by atoms with Crippen LogP contribution in [0.4, 0.5) is 0 Å². The van der Waals surface area contributed by atoms with E-state index in [9.17, 15) is 0 Å². The van der Waals surface area contributed by atoms with Crippen molar-refractivity contribution in [2.24, 2.45) is 0 Å². The molecule has 5 heteroatoms. The lowest BCUT2D eigenvalue weighted by molar-refractivity contribution is 1.09. The molecule has 0 aliphatic carbocycles. The van der Waals surface area contributed by atoms with E-state index in [-0.39, 0.29) is 0 Å². The summed E-state index contributed by atoms with van der Waals surface area (Å²) in [5.41, 5.74) is 2.67. The van der Waals surface area contributed by atoms with Gasteiger partial charge in [0.15, 0.2) is 15.5 Å². The second kappa shape index (κ2) is 2.43. The van der Waals surface area contributed by atoms with Crippen LogP contribution in [0.25, 0.3) is 10.0 Å². The topological polar surface area (TPSA) is 38.7 Å². The fraction of sp³-hybridized carbons (Fsp3) is 0. The third kappa shape index (κ3) is 0.932. The molecule has 3 nitrogen and oxygen atoms in total. The highest BCUT2D eigenvalue weighted by Crippen LogP contribution is 2.21. The van der Waals surface area contributed by atoms with Gasteiger partial charge in [-0.1, -0.05) is 11.3 Å². The summed E-state index contributed by atoms with van der Waals surface area (Å²) in [5.74, 6) is 0. The lowest BCUT2D eigenvalue weighted by Crippen LogP contribution is -1.71. The summed E-state index contributed by atoms with van der Waals surface area (Å²) in [4.78, 5) is 4.07. The summed E-state index contributed by atoms with van der Waals surface area (Å²) < 4.78 is 0. The lowest BCUT2D eigenvalue weighted by atomic mass is 10.7. The molecule has 2 heterocycles. The maximum absolute atomic E-state index is 4.07. The van der Waals surface area contributed by atoms with Gasteiger partial charge in [0, 0.05) is 11.6 Å². The largest absolute Gasteiger partial charge is 0.242 e. The van der Waals surface area contributed by atoms with E-state index in [1.807, 2.05) is 5.38 Å². The summed E-state index contributed by atoms with van der Waals surface area (Å²) in [6.45, 7) is 0. The number of rotatable bonds is 1. The van der Waals surface area contributed by atoms with Crippen LogP contribution in [0.15, 0.2) is 11.6 Å². The lowest BCUT2D eigenvalue weighted by Gasteiger charge is -1.79. The highest BCUT2D eigenvalue weighted by Gasteiger charge is 2.01. The zero-order valence-electron chi connectivity index (χ0n) is 4.81. The molecule has 0 N–H and O–H groups in total. The fourth-order valence-electron chi connectivity index (χ4n) is 0.565. The average molecular weight is 168 g/mol. The normalized spacial score (nSPS) is 10.0.